The quantitative estimate of drug-likeness (QED) is 0.731. The van der Waals surface area contributed by atoms with Crippen LogP contribution in [0, 0.1) is 34.6 Å². The summed E-state index contributed by atoms with van der Waals surface area (Å²) in [5, 5.41) is 36.7. The molecule has 0 amide bonds. The van der Waals surface area contributed by atoms with E-state index in [0.717, 1.165) is 0 Å². The second kappa shape index (κ2) is 8.52. The van der Waals surface area contributed by atoms with Crippen molar-refractivity contribution in [3.05, 3.63) is 77.9 Å². The summed E-state index contributed by atoms with van der Waals surface area (Å²) in [4.78, 5) is 12.5. The lowest BCUT2D eigenvalue weighted by Crippen LogP contribution is -2.47. The number of hydrogen-bond acceptors (Lipinski definition) is 7. The van der Waals surface area contributed by atoms with Crippen molar-refractivity contribution in [2.75, 3.05) is 0 Å². The summed E-state index contributed by atoms with van der Waals surface area (Å²) in [7, 11) is 0. The summed E-state index contributed by atoms with van der Waals surface area (Å²) in [5.41, 5.74) is -0.304. The van der Waals surface area contributed by atoms with Crippen LogP contribution in [0.25, 0.3) is 5.57 Å². The molecule has 0 radical (unpaired) electrons. The minimum Gasteiger partial charge on any atom is -0.480 e. The highest BCUT2D eigenvalue weighted by molar-refractivity contribution is 5.91. The Morgan fingerprint density at radius 2 is 1.47 bits per heavy atom. The Bertz CT molecular complexity index is 1130. The van der Waals surface area contributed by atoms with E-state index in [9.17, 15) is 15.2 Å². The van der Waals surface area contributed by atoms with Gasteiger partial charge in [0.05, 0.1) is 0 Å². The van der Waals surface area contributed by atoms with E-state index in [1.807, 2.05) is 0 Å². The molecule has 0 spiro atoms. The number of nitriles is 3. The number of benzene rings is 2. The number of carboxylic acid groups (broad SMARTS) is 1. The Hall–Kier alpha value is -4.74. The second-order valence-electron chi connectivity index (χ2n) is 6.18. The number of aliphatic carboxylic acids is 1. The lowest BCUT2D eigenvalue weighted by molar-refractivity contribution is -0.144. The van der Waals surface area contributed by atoms with Crippen molar-refractivity contribution in [3.63, 3.8) is 0 Å². The maximum atomic E-state index is 12.5. The van der Waals surface area contributed by atoms with Crippen molar-refractivity contribution < 1.29 is 24.1 Å². The first-order chi connectivity index (χ1) is 14.6. The molecule has 0 bridgehead atoms. The smallest absolute Gasteiger partial charge is 0.322 e. The first-order valence-electron chi connectivity index (χ1n) is 8.57. The van der Waals surface area contributed by atoms with Gasteiger partial charge in [-0.1, -0.05) is 42.5 Å². The van der Waals surface area contributed by atoms with E-state index in [2.05, 4.69) is 0 Å². The van der Waals surface area contributed by atoms with E-state index < -0.39 is 17.5 Å². The monoisotopic (exact) mass is 399 g/mol. The minimum absolute atomic E-state index is 0.253. The summed E-state index contributed by atoms with van der Waals surface area (Å²) < 4.78 is 14.8. The van der Waals surface area contributed by atoms with E-state index >= 15 is 0 Å². The summed E-state index contributed by atoms with van der Waals surface area (Å²) in [6, 6.07) is 12.3. The van der Waals surface area contributed by atoms with Gasteiger partial charge in [-0.2, -0.15) is 5.26 Å². The fourth-order valence-corrected chi connectivity index (χ4v) is 3.35. The molecule has 2 unspecified atom stereocenters. The molecule has 0 aromatic heterocycles. The minimum atomic E-state index is -1.70. The van der Waals surface area contributed by atoms with Crippen LogP contribution in [0.2, 0.25) is 0 Å². The van der Waals surface area contributed by atoms with Crippen LogP contribution in [0.5, 0.6) is 11.5 Å². The molecule has 8 heteroatoms. The van der Waals surface area contributed by atoms with Crippen LogP contribution in [0.15, 0.2) is 66.8 Å². The van der Waals surface area contributed by atoms with Crippen LogP contribution < -0.4 is 9.47 Å². The Labute approximate surface area is 171 Å². The fraction of sp³-hybridized carbons (Fsp3) is 0.0909. The molecule has 8 nitrogen and oxygen atoms in total. The van der Waals surface area contributed by atoms with E-state index in [1.54, 1.807) is 55.2 Å². The zero-order valence-corrected chi connectivity index (χ0v) is 15.4. The van der Waals surface area contributed by atoms with Gasteiger partial charge in [-0.3, -0.25) is 4.79 Å². The molecule has 1 aliphatic rings. The van der Waals surface area contributed by atoms with Crippen molar-refractivity contribution in [3.8, 4) is 30.3 Å². The first kappa shape index (κ1) is 20.0. The van der Waals surface area contributed by atoms with E-state index in [-0.39, 0.29) is 5.75 Å². The SMILES string of the molecule is N#COc1ccc(C2=CC=CC(C(=O)O)(c3ccc(OC#N)cc3)C2OC#N)cc1. The highest BCUT2D eigenvalue weighted by Gasteiger charge is 2.50. The van der Waals surface area contributed by atoms with Crippen LogP contribution in [-0.2, 0) is 14.9 Å². The van der Waals surface area contributed by atoms with Gasteiger partial charge < -0.3 is 19.3 Å². The van der Waals surface area contributed by atoms with Crippen molar-refractivity contribution in [2.24, 2.45) is 0 Å². The molecule has 30 heavy (non-hydrogen) atoms. The van der Waals surface area contributed by atoms with Crippen LogP contribution in [-0.4, -0.2) is 17.2 Å². The number of ether oxygens (including phenoxy) is 3. The van der Waals surface area contributed by atoms with Crippen LogP contribution in [0.1, 0.15) is 11.1 Å². The van der Waals surface area contributed by atoms with E-state index in [1.165, 1.54) is 30.3 Å². The van der Waals surface area contributed by atoms with Gasteiger partial charge in [-0.15, -0.1) is 10.5 Å². The Balaban J connectivity index is 2.10. The molecule has 0 saturated carbocycles. The predicted octanol–water partition coefficient (Wildman–Crippen LogP) is 3.25. The molecule has 0 saturated heterocycles. The van der Waals surface area contributed by atoms with Crippen LogP contribution in [0.3, 0.4) is 0 Å². The first-order valence-corrected chi connectivity index (χ1v) is 8.57. The molecular weight excluding hydrogens is 386 g/mol. The molecule has 2 aromatic carbocycles. The molecule has 1 N–H and O–H groups in total. The average molecular weight is 399 g/mol. The van der Waals surface area contributed by atoms with E-state index in [4.69, 9.17) is 24.7 Å². The van der Waals surface area contributed by atoms with Gasteiger partial charge in [0.25, 0.3) is 18.8 Å². The van der Waals surface area contributed by atoms with Gasteiger partial charge in [0.1, 0.15) is 11.5 Å². The third kappa shape index (κ3) is 3.52. The molecule has 2 atom stereocenters. The zero-order chi connectivity index (χ0) is 21.6. The molecule has 3 rings (SSSR count). The highest BCUT2D eigenvalue weighted by Crippen LogP contribution is 2.42. The zero-order valence-electron chi connectivity index (χ0n) is 15.4. The number of rotatable bonds is 6. The van der Waals surface area contributed by atoms with Crippen molar-refractivity contribution in [1.82, 2.24) is 0 Å². The largest absolute Gasteiger partial charge is 0.480 e. The molecule has 146 valence electrons. The molecule has 0 aliphatic heterocycles. The van der Waals surface area contributed by atoms with E-state index in [0.29, 0.717) is 22.4 Å². The third-order valence-electron chi connectivity index (χ3n) is 4.70. The maximum absolute atomic E-state index is 12.5. The van der Waals surface area contributed by atoms with Crippen molar-refractivity contribution >= 4 is 11.5 Å². The van der Waals surface area contributed by atoms with Crippen LogP contribution >= 0.6 is 0 Å². The predicted molar refractivity (Wildman–Crippen MR) is 102 cm³/mol. The van der Waals surface area contributed by atoms with Gasteiger partial charge >= 0.3 is 5.97 Å². The number of carboxylic acids is 1. The number of hydrogen-bond donors (Lipinski definition) is 1. The summed E-state index contributed by atoms with van der Waals surface area (Å²) >= 11 is 0. The topological polar surface area (TPSA) is 136 Å². The van der Waals surface area contributed by atoms with Gasteiger partial charge in [-0.25, -0.2) is 0 Å². The second-order valence-corrected chi connectivity index (χ2v) is 6.18. The number of allylic oxidation sites excluding steroid dienone is 2. The standard InChI is InChI=1S/C22H13N3O5/c23-12-28-17-7-3-15(4-8-17)19-2-1-11-22(21(26)27,20(19)30-14-25)16-5-9-18(10-6-16)29-13-24/h1-11,20H,(H,26,27). The summed E-state index contributed by atoms with van der Waals surface area (Å²) in [6.07, 6.45) is 8.26. The summed E-state index contributed by atoms with van der Waals surface area (Å²) in [5.74, 6) is -0.644. The highest BCUT2D eigenvalue weighted by atomic mass is 16.5. The molecule has 0 heterocycles. The van der Waals surface area contributed by atoms with Crippen molar-refractivity contribution in [1.29, 1.82) is 15.8 Å². The van der Waals surface area contributed by atoms with Crippen LogP contribution in [0.4, 0.5) is 0 Å². The Kier molecular flexibility index (Phi) is 5.68. The van der Waals surface area contributed by atoms with Gasteiger partial charge in [0.2, 0.25) is 0 Å². The average Bonchev–Trinajstić information content (AvgIpc) is 2.76. The van der Waals surface area contributed by atoms with Gasteiger partial charge in [0, 0.05) is 5.57 Å². The molecule has 1 aliphatic carbocycles. The maximum Gasteiger partial charge on any atom is 0.322 e. The normalized spacial score (nSPS) is 19.4. The lowest BCUT2D eigenvalue weighted by Gasteiger charge is -2.36. The molecule has 2 aromatic rings. The third-order valence-corrected chi connectivity index (χ3v) is 4.70. The molecular formula is C22H13N3O5. The van der Waals surface area contributed by atoms with Crippen molar-refractivity contribution in [2.45, 2.75) is 11.5 Å². The Morgan fingerprint density at radius 3 is 1.97 bits per heavy atom. The fourth-order valence-electron chi connectivity index (χ4n) is 3.35. The van der Waals surface area contributed by atoms with Gasteiger partial charge in [0.15, 0.2) is 11.5 Å². The number of carbonyl (C=O) groups is 1. The lowest BCUT2D eigenvalue weighted by atomic mass is 9.69. The number of nitrogens with zero attached hydrogens (tertiary/aromatic N) is 3. The summed E-state index contributed by atoms with van der Waals surface area (Å²) in [6.45, 7) is 0. The van der Waals surface area contributed by atoms with Gasteiger partial charge in [-0.05, 0) is 35.4 Å². The Morgan fingerprint density at radius 1 is 0.900 bits per heavy atom. The molecule has 0 fully saturated rings.